The molecule has 3 aliphatic rings. The van der Waals surface area contributed by atoms with Crippen LogP contribution in [0.2, 0.25) is 0 Å². The van der Waals surface area contributed by atoms with Gasteiger partial charge in [-0.15, -0.1) is 0 Å². The third-order valence-corrected chi connectivity index (χ3v) is 5.30. The van der Waals surface area contributed by atoms with Crippen molar-refractivity contribution in [3.8, 4) is 0 Å². The average molecular weight is 337 g/mol. The fourth-order valence-electron chi connectivity index (χ4n) is 4.17. The lowest BCUT2D eigenvalue weighted by Gasteiger charge is -2.41. The summed E-state index contributed by atoms with van der Waals surface area (Å²) in [6.45, 7) is 7.83. The van der Waals surface area contributed by atoms with Gasteiger partial charge in [-0.25, -0.2) is 9.59 Å². The highest BCUT2D eigenvalue weighted by atomic mass is 16.6. The molecule has 3 amide bonds. The monoisotopic (exact) mass is 337 g/mol. The van der Waals surface area contributed by atoms with E-state index in [1.165, 1.54) is 12.8 Å². The minimum absolute atomic E-state index is 0.113. The molecule has 24 heavy (non-hydrogen) atoms. The van der Waals surface area contributed by atoms with Crippen molar-refractivity contribution in [1.29, 1.82) is 0 Å². The van der Waals surface area contributed by atoms with E-state index in [2.05, 4.69) is 0 Å². The number of hydrogen-bond acceptors (Lipinski definition) is 3. The Morgan fingerprint density at radius 1 is 0.958 bits per heavy atom. The normalized spacial score (nSPS) is 26.4. The lowest BCUT2D eigenvalue weighted by atomic mass is 10.1. The summed E-state index contributed by atoms with van der Waals surface area (Å²) in [6.07, 6.45) is 7.14. The van der Waals surface area contributed by atoms with E-state index in [1.54, 1.807) is 4.90 Å². The summed E-state index contributed by atoms with van der Waals surface area (Å²) in [5.74, 6) is 0. The van der Waals surface area contributed by atoms with Crippen LogP contribution in [0.5, 0.6) is 0 Å². The van der Waals surface area contributed by atoms with E-state index in [1.807, 2.05) is 30.6 Å². The van der Waals surface area contributed by atoms with Gasteiger partial charge in [-0.3, -0.25) is 4.90 Å². The van der Waals surface area contributed by atoms with Gasteiger partial charge in [-0.1, -0.05) is 12.8 Å². The molecule has 3 fully saturated rings. The summed E-state index contributed by atoms with van der Waals surface area (Å²) in [5, 5.41) is 0. The van der Waals surface area contributed by atoms with Gasteiger partial charge < -0.3 is 14.5 Å². The number of hydrogen-bond donors (Lipinski definition) is 0. The molecule has 6 nitrogen and oxygen atoms in total. The smallest absolute Gasteiger partial charge is 0.411 e. The summed E-state index contributed by atoms with van der Waals surface area (Å²) < 4.78 is 5.56. The molecule has 0 bridgehead atoms. The zero-order valence-electron chi connectivity index (χ0n) is 15.3. The largest absolute Gasteiger partial charge is 0.444 e. The molecule has 2 saturated heterocycles. The summed E-state index contributed by atoms with van der Waals surface area (Å²) >= 11 is 0. The predicted molar refractivity (Wildman–Crippen MR) is 91.6 cm³/mol. The van der Waals surface area contributed by atoms with Gasteiger partial charge in [0.1, 0.15) is 11.8 Å². The molecule has 1 unspecified atom stereocenters. The van der Waals surface area contributed by atoms with Gasteiger partial charge in [0, 0.05) is 25.7 Å². The molecule has 0 aromatic carbocycles. The fourth-order valence-corrected chi connectivity index (χ4v) is 4.17. The Hall–Kier alpha value is -1.46. The van der Waals surface area contributed by atoms with Crippen molar-refractivity contribution in [2.45, 2.75) is 83.5 Å². The zero-order chi connectivity index (χ0) is 17.3. The maximum Gasteiger partial charge on any atom is 0.411 e. The molecular weight excluding hydrogens is 306 g/mol. The Labute approximate surface area is 145 Å². The molecule has 0 N–H and O–H groups in total. The van der Waals surface area contributed by atoms with Crippen LogP contribution in [0, 0.1) is 0 Å². The molecule has 1 atom stereocenters. The maximum atomic E-state index is 12.9. The Morgan fingerprint density at radius 3 is 2.25 bits per heavy atom. The highest BCUT2D eigenvalue weighted by Crippen LogP contribution is 2.30. The molecule has 1 aliphatic carbocycles. The topological polar surface area (TPSA) is 53.1 Å². The Morgan fingerprint density at radius 2 is 1.58 bits per heavy atom. The van der Waals surface area contributed by atoms with Crippen LogP contribution in [0.25, 0.3) is 0 Å². The quantitative estimate of drug-likeness (QED) is 0.776. The van der Waals surface area contributed by atoms with E-state index in [-0.39, 0.29) is 18.3 Å². The van der Waals surface area contributed by atoms with Crippen molar-refractivity contribution in [2.24, 2.45) is 0 Å². The van der Waals surface area contributed by atoms with Crippen LogP contribution in [0.15, 0.2) is 0 Å². The molecule has 0 spiro atoms. The molecule has 3 rings (SSSR count). The Balaban J connectivity index is 1.69. The summed E-state index contributed by atoms with van der Waals surface area (Å²) in [6, 6.07) is 0.517. The first-order chi connectivity index (χ1) is 11.4. The highest BCUT2D eigenvalue weighted by molar-refractivity contribution is 5.78. The van der Waals surface area contributed by atoms with Crippen molar-refractivity contribution in [3.05, 3.63) is 0 Å². The van der Waals surface area contributed by atoms with Crippen LogP contribution in [-0.4, -0.2) is 64.3 Å². The van der Waals surface area contributed by atoms with Gasteiger partial charge in [0.05, 0.1) is 0 Å². The van der Waals surface area contributed by atoms with E-state index >= 15 is 0 Å². The third-order valence-electron chi connectivity index (χ3n) is 5.30. The van der Waals surface area contributed by atoms with Crippen LogP contribution in [-0.2, 0) is 4.74 Å². The van der Waals surface area contributed by atoms with Crippen LogP contribution < -0.4 is 0 Å². The van der Waals surface area contributed by atoms with E-state index in [0.29, 0.717) is 12.6 Å². The van der Waals surface area contributed by atoms with Crippen molar-refractivity contribution in [1.82, 2.24) is 14.7 Å². The molecule has 6 heteroatoms. The first-order valence-electron chi connectivity index (χ1n) is 9.44. The lowest BCUT2D eigenvalue weighted by molar-refractivity contribution is -0.0119. The first-order valence-corrected chi connectivity index (χ1v) is 9.44. The maximum absolute atomic E-state index is 12.9. The minimum Gasteiger partial charge on any atom is -0.444 e. The van der Waals surface area contributed by atoms with Crippen molar-refractivity contribution >= 4 is 12.1 Å². The van der Waals surface area contributed by atoms with Gasteiger partial charge in [0.2, 0.25) is 0 Å². The molecule has 2 aliphatic heterocycles. The average Bonchev–Trinajstić information content (AvgIpc) is 3.14. The first kappa shape index (κ1) is 17.4. The number of carbonyl (C=O) groups is 2. The third kappa shape index (κ3) is 3.62. The molecule has 0 aromatic heterocycles. The van der Waals surface area contributed by atoms with Crippen molar-refractivity contribution < 1.29 is 14.3 Å². The number of piperidine rings is 1. The Kier molecular flexibility index (Phi) is 4.92. The van der Waals surface area contributed by atoms with Crippen molar-refractivity contribution in [3.63, 3.8) is 0 Å². The number of carbonyl (C=O) groups excluding carboxylic acids is 2. The molecular formula is C18H31N3O3. The van der Waals surface area contributed by atoms with E-state index in [4.69, 9.17) is 4.74 Å². The van der Waals surface area contributed by atoms with Crippen LogP contribution in [0.1, 0.15) is 65.7 Å². The standard InChI is InChI=1S/C18H31N3O3/c1-18(2,3)24-17(23)21-11-7-6-10-15(21)20-13-12-19(16(20)22)14-8-4-5-9-14/h14-15H,4-13H2,1-3H3. The Bertz CT molecular complexity index is 482. The molecule has 2 heterocycles. The second kappa shape index (κ2) is 6.81. The van der Waals surface area contributed by atoms with E-state index in [0.717, 1.165) is 45.2 Å². The second-order valence-electron chi connectivity index (χ2n) is 8.26. The van der Waals surface area contributed by atoms with Crippen LogP contribution in [0.3, 0.4) is 0 Å². The van der Waals surface area contributed by atoms with Crippen LogP contribution in [0.4, 0.5) is 9.59 Å². The predicted octanol–water partition coefficient (Wildman–Crippen LogP) is 3.41. The summed E-state index contributed by atoms with van der Waals surface area (Å²) in [5.41, 5.74) is -0.510. The number of amides is 3. The number of rotatable bonds is 2. The fraction of sp³-hybridized carbons (Fsp3) is 0.889. The highest BCUT2D eigenvalue weighted by Gasteiger charge is 2.42. The van der Waals surface area contributed by atoms with Gasteiger partial charge in [-0.05, 0) is 52.9 Å². The SMILES string of the molecule is CC(C)(C)OC(=O)N1CCCCC1N1CCN(C2CCCC2)C1=O. The van der Waals surface area contributed by atoms with Gasteiger partial charge in [-0.2, -0.15) is 0 Å². The minimum atomic E-state index is -0.510. The van der Waals surface area contributed by atoms with Crippen LogP contribution >= 0.6 is 0 Å². The second-order valence-corrected chi connectivity index (χ2v) is 8.26. The molecule has 0 aromatic rings. The number of urea groups is 1. The number of ether oxygens (including phenoxy) is 1. The molecule has 1 saturated carbocycles. The van der Waals surface area contributed by atoms with E-state index in [9.17, 15) is 9.59 Å². The number of likely N-dealkylation sites (tertiary alicyclic amines) is 1. The number of nitrogens with zero attached hydrogens (tertiary/aromatic N) is 3. The zero-order valence-corrected chi connectivity index (χ0v) is 15.3. The van der Waals surface area contributed by atoms with Gasteiger partial charge in [0.25, 0.3) is 0 Å². The van der Waals surface area contributed by atoms with Crippen molar-refractivity contribution in [2.75, 3.05) is 19.6 Å². The summed E-state index contributed by atoms with van der Waals surface area (Å²) in [4.78, 5) is 31.2. The molecule has 0 radical (unpaired) electrons. The summed E-state index contributed by atoms with van der Waals surface area (Å²) in [7, 11) is 0. The lowest BCUT2D eigenvalue weighted by Crippen LogP contribution is -2.55. The molecule has 136 valence electrons. The van der Waals surface area contributed by atoms with E-state index < -0.39 is 5.60 Å². The van der Waals surface area contributed by atoms with Gasteiger partial charge in [0.15, 0.2) is 0 Å². The van der Waals surface area contributed by atoms with Gasteiger partial charge >= 0.3 is 12.1 Å².